The number of rotatable bonds is 9. The lowest BCUT2D eigenvalue weighted by Gasteiger charge is -2.36. The molecule has 220 valence electrons. The molecule has 0 heterocycles. The lowest BCUT2D eigenvalue weighted by atomic mass is 10.00. The molecule has 16 heteroatoms. The predicted octanol–water partition coefficient (Wildman–Crippen LogP) is 7.19. The molecule has 0 bridgehead atoms. The molecule has 0 aromatic heterocycles. The van der Waals surface area contributed by atoms with Crippen LogP contribution in [0.2, 0.25) is 0 Å². The summed E-state index contributed by atoms with van der Waals surface area (Å²) in [5.74, 6) is -14.7. The highest BCUT2D eigenvalue weighted by atomic mass is 32.3. The monoisotopic (exact) mass is 622 g/mol. The van der Waals surface area contributed by atoms with Gasteiger partial charge in [-0.1, -0.05) is 28.5 Å². The van der Waals surface area contributed by atoms with Crippen molar-refractivity contribution in [2.75, 3.05) is 19.6 Å². The van der Waals surface area contributed by atoms with Gasteiger partial charge < -0.3 is 4.74 Å². The molecule has 0 radical (unpaired) electrons. The summed E-state index contributed by atoms with van der Waals surface area (Å²) in [5.41, 5.74) is 0.277. The van der Waals surface area contributed by atoms with E-state index >= 15 is 0 Å². The molecule has 3 rings (SSSR count). The fourth-order valence-electron chi connectivity index (χ4n) is 3.42. The SMILES string of the molecule is COc1ccc2cc(C(=O)c3ccc(S(C)(C)OS(=O)(=O)C(F)(F)C(F)(F)C(F)(F)C(F)(F)F)cc3)ccc2c1. The van der Waals surface area contributed by atoms with Crippen LogP contribution in [0.25, 0.3) is 10.8 Å². The number of benzene rings is 3. The maximum Gasteiger partial charge on any atom is 0.460 e. The fraction of sp³-hybridized carbons (Fsp3) is 0.292. The highest BCUT2D eigenvalue weighted by molar-refractivity contribution is 8.32. The van der Waals surface area contributed by atoms with Crippen LogP contribution in [0.15, 0.2) is 65.6 Å². The number of carbonyl (C=O) groups excluding carboxylic acids is 1. The van der Waals surface area contributed by atoms with Gasteiger partial charge in [-0.05, 0) is 65.7 Å². The molecule has 0 saturated carbocycles. The normalized spacial score (nSPS) is 14.3. The minimum absolute atomic E-state index is 0.0383. The lowest BCUT2D eigenvalue weighted by molar-refractivity contribution is -0.382. The van der Waals surface area contributed by atoms with Crippen LogP contribution in [-0.4, -0.2) is 57.1 Å². The predicted molar refractivity (Wildman–Crippen MR) is 129 cm³/mol. The Kier molecular flexibility index (Phi) is 7.99. The van der Waals surface area contributed by atoms with Crippen LogP contribution in [0, 0.1) is 0 Å². The van der Waals surface area contributed by atoms with Gasteiger partial charge in [-0.2, -0.15) is 47.9 Å². The molecule has 0 amide bonds. The molecule has 3 aromatic carbocycles. The lowest BCUT2D eigenvalue weighted by Crippen LogP contribution is -2.63. The van der Waals surface area contributed by atoms with Crippen molar-refractivity contribution < 1.29 is 61.1 Å². The van der Waals surface area contributed by atoms with Gasteiger partial charge in [-0.25, -0.2) is 3.63 Å². The molecular weight excluding hydrogens is 603 g/mol. The Labute approximate surface area is 223 Å². The largest absolute Gasteiger partial charge is 0.497 e. The zero-order chi connectivity index (χ0) is 30.5. The van der Waals surface area contributed by atoms with Gasteiger partial charge in [0, 0.05) is 16.0 Å². The van der Waals surface area contributed by atoms with Crippen molar-refractivity contribution in [2.45, 2.75) is 28.2 Å². The van der Waals surface area contributed by atoms with E-state index in [1.807, 2.05) is 0 Å². The quantitative estimate of drug-likeness (QED) is 0.187. The summed E-state index contributed by atoms with van der Waals surface area (Å²) in [7, 11) is -9.11. The van der Waals surface area contributed by atoms with E-state index in [0.717, 1.165) is 42.2 Å². The second kappa shape index (κ2) is 10.1. The summed E-state index contributed by atoms with van der Waals surface area (Å²) in [6, 6.07) is 14.3. The van der Waals surface area contributed by atoms with Gasteiger partial charge in [-0.3, -0.25) is 4.79 Å². The van der Waals surface area contributed by atoms with Crippen LogP contribution < -0.4 is 4.74 Å². The van der Waals surface area contributed by atoms with Crippen molar-refractivity contribution in [3.05, 3.63) is 71.8 Å². The fourth-order valence-corrected chi connectivity index (χ4v) is 7.10. The molecule has 40 heavy (non-hydrogen) atoms. The number of alkyl halides is 9. The van der Waals surface area contributed by atoms with E-state index in [1.165, 1.54) is 13.2 Å². The van der Waals surface area contributed by atoms with Crippen molar-refractivity contribution in [3.63, 3.8) is 0 Å². The number of hydrogen-bond donors (Lipinski definition) is 0. The highest BCUT2D eigenvalue weighted by Gasteiger charge is 2.86. The molecule has 0 unspecified atom stereocenters. The van der Waals surface area contributed by atoms with Crippen molar-refractivity contribution in [3.8, 4) is 5.75 Å². The number of carbonyl (C=O) groups is 1. The molecule has 5 nitrogen and oxygen atoms in total. The van der Waals surface area contributed by atoms with E-state index in [0.29, 0.717) is 11.1 Å². The molecule has 0 aliphatic carbocycles. The van der Waals surface area contributed by atoms with Crippen LogP contribution in [0.4, 0.5) is 39.5 Å². The Morgan fingerprint density at radius 1 is 0.700 bits per heavy atom. The van der Waals surface area contributed by atoms with Gasteiger partial charge in [-0.15, -0.1) is 0 Å². The molecule has 3 aromatic rings. The van der Waals surface area contributed by atoms with E-state index in [1.54, 1.807) is 30.3 Å². The summed E-state index contributed by atoms with van der Waals surface area (Å²) < 4.78 is 152. The third-order valence-corrected chi connectivity index (χ3v) is 10.1. The first-order chi connectivity index (χ1) is 18.1. The smallest absolute Gasteiger partial charge is 0.460 e. The average molecular weight is 623 g/mol. The molecular formula is C24H19F9O5S2. The van der Waals surface area contributed by atoms with Crippen molar-refractivity contribution in [1.82, 2.24) is 0 Å². The Balaban J connectivity index is 1.87. The molecule has 0 aliphatic rings. The zero-order valence-electron chi connectivity index (χ0n) is 20.5. The van der Waals surface area contributed by atoms with Gasteiger partial charge in [0.2, 0.25) is 0 Å². The summed E-state index contributed by atoms with van der Waals surface area (Å²) in [5, 5.41) is -5.51. The second-order valence-electron chi connectivity index (χ2n) is 8.70. The van der Waals surface area contributed by atoms with Gasteiger partial charge >= 0.3 is 33.4 Å². The molecule has 0 N–H and O–H groups in total. The highest BCUT2D eigenvalue weighted by Crippen LogP contribution is 2.59. The van der Waals surface area contributed by atoms with Crippen LogP contribution >= 0.6 is 10.3 Å². The van der Waals surface area contributed by atoms with E-state index in [-0.39, 0.29) is 16.0 Å². The number of methoxy groups -OCH3 is 1. The summed E-state index contributed by atoms with van der Waals surface area (Å²) >= 11 is 0. The molecule has 0 spiro atoms. The first-order valence-electron chi connectivity index (χ1n) is 10.7. The Morgan fingerprint density at radius 3 is 1.73 bits per heavy atom. The van der Waals surface area contributed by atoms with Crippen LogP contribution in [0.3, 0.4) is 0 Å². The van der Waals surface area contributed by atoms with Gasteiger partial charge in [0.1, 0.15) is 5.75 Å². The van der Waals surface area contributed by atoms with E-state index in [4.69, 9.17) is 4.74 Å². The minimum atomic E-state index is -7.41. The van der Waals surface area contributed by atoms with E-state index < -0.39 is 49.5 Å². The number of halogens is 9. The summed E-state index contributed by atoms with van der Waals surface area (Å²) in [4.78, 5) is 12.7. The minimum Gasteiger partial charge on any atom is -0.497 e. The topological polar surface area (TPSA) is 69.7 Å². The van der Waals surface area contributed by atoms with Gasteiger partial charge in [0.15, 0.2) is 5.78 Å². The van der Waals surface area contributed by atoms with Crippen LogP contribution in [0.1, 0.15) is 15.9 Å². The Hall–Kier alpha value is -2.98. The van der Waals surface area contributed by atoms with Gasteiger partial charge in [0.05, 0.1) is 7.11 Å². The first kappa shape index (κ1) is 31.5. The third kappa shape index (κ3) is 5.35. The third-order valence-electron chi connectivity index (χ3n) is 5.68. The molecule has 0 saturated heterocycles. The van der Waals surface area contributed by atoms with Gasteiger partial charge in [0.25, 0.3) is 0 Å². The second-order valence-corrected chi connectivity index (χ2v) is 13.6. The maximum absolute atomic E-state index is 14.1. The van der Waals surface area contributed by atoms with Crippen LogP contribution in [0.5, 0.6) is 5.75 Å². The standard InChI is InChI=1S/C24H19F9O5S2/c1-37-18-9-6-15-12-17(5-4-16(15)13-18)20(34)14-7-10-19(11-8-14)39(2,3)38-40(35,36)24(32,33)22(27,28)21(25,26)23(29,30)31/h4-13H,1-3H3. The summed E-state index contributed by atoms with van der Waals surface area (Å²) in [6.45, 7) is 0. The molecule has 0 aliphatic heterocycles. The van der Waals surface area contributed by atoms with E-state index in [2.05, 4.69) is 3.63 Å². The average Bonchev–Trinajstić information content (AvgIpc) is 2.86. The van der Waals surface area contributed by atoms with E-state index in [9.17, 15) is 52.7 Å². The maximum atomic E-state index is 14.1. The van der Waals surface area contributed by atoms with Crippen LogP contribution in [-0.2, 0) is 13.7 Å². The van der Waals surface area contributed by atoms with Crippen molar-refractivity contribution in [2.24, 2.45) is 0 Å². The van der Waals surface area contributed by atoms with Crippen molar-refractivity contribution >= 4 is 37.0 Å². The zero-order valence-corrected chi connectivity index (χ0v) is 22.2. The number of ether oxygens (including phenoxy) is 1. The Morgan fingerprint density at radius 2 is 1.20 bits per heavy atom. The number of hydrogen-bond acceptors (Lipinski definition) is 5. The first-order valence-corrected chi connectivity index (χ1v) is 14.5. The number of ketones is 1. The Bertz CT molecular complexity index is 1530. The molecule has 0 fully saturated rings. The number of fused-ring (bicyclic) bond motifs is 1. The summed E-state index contributed by atoms with van der Waals surface area (Å²) in [6.07, 6.45) is -5.51. The van der Waals surface area contributed by atoms with Crippen molar-refractivity contribution in [1.29, 1.82) is 0 Å². The molecule has 0 atom stereocenters.